The molecule has 0 amide bonds. The lowest BCUT2D eigenvalue weighted by Crippen LogP contribution is -2.68. The van der Waals surface area contributed by atoms with Crippen molar-refractivity contribution in [1.29, 1.82) is 0 Å². The molecule has 0 aliphatic rings. The minimum absolute atomic E-state index is 0.0952. The Labute approximate surface area is 159 Å². The van der Waals surface area contributed by atoms with Crippen LogP contribution in [0.15, 0.2) is 0 Å². The van der Waals surface area contributed by atoms with Crippen LogP contribution in [0.25, 0.3) is 0 Å². The zero-order valence-corrected chi connectivity index (χ0v) is 17.8. The van der Waals surface area contributed by atoms with Gasteiger partial charge in [0, 0.05) is 48.0 Å². The summed E-state index contributed by atoms with van der Waals surface area (Å²) in [6, 6.07) is 0. The van der Waals surface area contributed by atoms with Gasteiger partial charge in [-0.2, -0.15) is 37.9 Å². The summed E-state index contributed by atoms with van der Waals surface area (Å²) < 4.78 is 0. The largest absolute Gasteiger partial charge is 0.315 e. The number of nitrogens with one attached hydrogen (secondary N) is 4. The topological polar surface area (TPSA) is 74.1 Å². The lowest BCUT2D eigenvalue weighted by Gasteiger charge is -2.39. The van der Waals surface area contributed by atoms with E-state index < -0.39 is 5.66 Å². The molecule has 0 aliphatic heterocycles. The molecule has 5 nitrogen and oxygen atoms in total. The summed E-state index contributed by atoms with van der Waals surface area (Å²) >= 11 is 13.4. The Hall–Kier alpha value is 0.850. The average Bonchev–Trinajstić information content (AvgIpc) is 2.56. The molecule has 0 unspecified atom stereocenters. The number of likely N-dealkylation sites (N-methyl/N-ethyl adjacent to an activating group) is 2. The van der Waals surface area contributed by atoms with Gasteiger partial charge in [-0.3, -0.25) is 5.32 Å². The summed E-state index contributed by atoms with van der Waals surface area (Å²) in [5.41, 5.74) is 5.71. The van der Waals surface area contributed by atoms with E-state index >= 15 is 0 Å². The first-order valence-corrected chi connectivity index (χ1v) is 10.2. The third kappa shape index (κ3) is 9.21. The number of hydrogen-bond acceptors (Lipinski definition) is 8. The summed E-state index contributed by atoms with van der Waals surface area (Å²) in [6.07, 6.45) is 0. The molecular weight excluding hydrogens is 346 g/mol. The summed E-state index contributed by atoms with van der Waals surface area (Å²) in [5.74, 6) is 2.01. The standard InChI is InChI=1S/C15H37N5S3/c1-5-17-7-13(3,10-21)19-9-15(16,12-23)20-8-14(4,11-22)18-6-2/h17-23H,5-12,16H2,1-4H3/t13-,14-,15-/m0/s1. The number of thiol groups is 3. The van der Waals surface area contributed by atoms with Crippen molar-refractivity contribution in [3.8, 4) is 0 Å². The van der Waals surface area contributed by atoms with Gasteiger partial charge in [0.15, 0.2) is 0 Å². The van der Waals surface area contributed by atoms with Crippen molar-refractivity contribution in [3.63, 3.8) is 0 Å². The van der Waals surface area contributed by atoms with Crippen molar-refractivity contribution in [2.24, 2.45) is 5.73 Å². The van der Waals surface area contributed by atoms with Gasteiger partial charge >= 0.3 is 0 Å². The van der Waals surface area contributed by atoms with Crippen molar-refractivity contribution in [3.05, 3.63) is 0 Å². The van der Waals surface area contributed by atoms with Crippen molar-refractivity contribution < 1.29 is 0 Å². The number of nitrogens with two attached hydrogens (primary N) is 1. The van der Waals surface area contributed by atoms with E-state index in [-0.39, 0.29) is 11.1 Å². The van der Waals surface area contributed by atoms with Gasteiger partial charge in [0.2, 0.25) is 0 Å². The fourth-order valence-corrected chi connectivity index (χ4v) is 2.76. The van der Waals surface area contributed by atoms with Gasteiger partial charge < -0.3 is 21.7 Å². The molecule has 0 heterocycles. The van der Waals surface area contributed by atoms with E-state index in [4.69, 9.17) is 5.73 Å². The van der Waals surface area contributed by atoms with Gasteiger partial charge in [-0.05, 0) is 26.9 Å². The maximum Gasteiger partial charge on any atom is 0.0881 e. The highest BCUT2D eigenvalue weighted by atomic mass is 32.1. The Kier molecular flexibility index (Phi) is 11.9. The van der Waals surface area contributed by atoms with Crippen LogP contribution in [0.4, 0.5) is 0 Å². The average molecular weight is 384 g/mol. The fraction of sp³-hybridized carbons (Fsp3) is 1.00. The number of hydrogen-bond donors (Lipinski definition) is 8. The van der Waals surface area contributed by atoms with E-state index in [9.17, 15) is 0 Å². The first-order chi connectivity index (χ1) is 10.7. The third-order valence-corrected chi connectivity index (χ3v) is 5.97. The first kappa shape index (κ1) is 23.9. The van der Waals surface area contributed by atoms with Crippen LogP contribution >= 0.6 is 37.9 Å². The lowest BCUT2D eigenvalue weighted by molar-refractivity contribution is 0.264. The van der Waals surface area contributed by atoms with Gasteiger partial charge in [-0.15, -0.1) is 0 Å². The molecule has 0 saturated heterocycles. The maximum absolute atomic E-state index is 6.50. The van der Waals surface area contributed by atoms with Crippen LogP contribution in [0.1, 0.15) is 27.7 Å². The molecule has 0 rings (SSSR count). The Bertz CT molecular complexity index is 323. The van der Waals surface area contributed by atoms with Crippen molar-refractivity contribution in [2.45, 2.75) is 44.4 Å². The van der Waals surface area contributed by atoms with Gasteiger partial charge in [-0.25, -0.2) is 0 Å². The first-order valence-electron chi connectivity index (χ1n) is 8.29. The second-order valence-corrected chi connectivity index (χ2v) is 7.72. The highest BCUT2D eigenvalue weighted by Crippen LogP contribution is 2.10. The molecule has 0 aromatic heterocycles. The minimum atomic E-state index is -0.584. The van der Waals surface area contributed by atoms with E-state index in [1.807, 2.05) is 0 Å². The molecule has 0 spiro atoms. The van der Waals surface area contributed by atoms with Crippen LogP contribution in [0.5, 0.6) is 0 Å². The van der Waals surface area contributed by atoms with E-state index in [0.29, 0.717) is 12.3 Å². The molecule has 0 saturated carbocycles. The number of rotatable bonds is 14. The van der Waals surface area contributed by atoms with Gasteiger partial charge in [-0.1, -0.05) is 13.8 Å². The molecule has 0 aliphatic carbocycles. The SMILES string of the molecule is CCNC[C@@](C)(CS)NC[C@@](N)(CS)NC[C@@](C)(CS)NCC. The summed E-state index contributed by atoms with van der Waals surface area (Å²) in [6.45, 7) is 12.5. The van der Waals surface area contributed by atoms with E-state index in [1.54, 1.807) is 0 Å². The summed E-state index contributed by atoms with van der Waals surface area (Å²) in [7, 11) is 0. The molecule has 0 radical (unpaired) electrons. The van der Waals surface area contributed by atoms with Crippen molar-refractivity contribution in [1.82, 2.24) is 21.3 Å². The van der Waals surface area contributed by atoms with E-state index in [2.05, 4.69) is 86.8 Å². The highest BCUT2D eigenvalue weighted by Gasteiger charge is 2.31. The van der Waals surface area contributed by atoms with Crippen LogP contribution in [0.2, 0.25) is 0 Å². The van der Waals surface area contributed by atoms with Crippen LogP contribution in [-0.4, -0.2) is 66.7 Å². The Morgan fingerprint density at radius 3 is 1.74 bits per heavy atom. The van der Waals surface area contributed by atoms with E-state index in [1.165, 1.54) is 0 Å². The van der Waals surface area contributed by atoms with Gasteiger partial charge in [0.05, 0.1) is 5.66 Å². The van der Waals surface area contributed by atoms with Crippen LogP contribution in [0, 0.1) is 0 Å². The summed E-state index contributed by atoms with van der Waals surface area (Å²) in [4.78, 5) is 0. The Morgan fingerprint density at radius 1 is 0.739 bits per heavy atom. The van der Waals surface area contributed by atoms with Crippen molar-refractivity contribution >= 4 is 37.9 Å². The predicted molar refractivity (Wildman–Crippen MR) is 114 cm³/mol. The fourth-order valence-electron chi connectivity index (χ4n) is 2.09. The molecule has 8 heteroatoms. The third-order valence-electron chi connectivity index (χ3n) is 4.01. The van der Waals surface area contributed by atoms with Crippen molar-refractivity contribution in [2.75, 3.05) is 50.0 Å². The Morgan fingerprint density at radius 2 is 1.30 bits per heavy atom. The molecule has 0 fully saturated rings. The quantitative estimate of drug-likeness (QED) is 0.164. The maximum atomic E-state index is 6.50. The smallest absolute Gasteiger partial charge is 0.0881 e. The van der Waals surface area contributed by atoms with Crippen LogP contribution < -0.4 is 27.0 Å². The molecule has 0 aromatic rings. The van der Waals surface area contributed by atoms with Gasteiger partial charge in [0.25, 0.3) is 0 Å². The monoisotopic (exact) mass is 383 g/mol. The minimum Gasteiger partial charge on any atom is -0.315 e. The zero-order chi connectivity index (χ0) is 18.0. The molecule has 23 heavy (non-hydrogen) atoms. The summed E-state index contributed by atoms with van der Waals surface area (Å²) in [5, 5.41) is 13.8. The predicted octanol–water partition coefficient (Wildman–Crippen LogP) is 0.346. The highest BCUT2D eigenvalue weighted by molar-refractivity contribution is 7.80. The molecule has 3 atom stereocenters. The molecule has 0 aromatic carbocycles. The lowest BCUT2D eigenvalue weighted by atomic mass is 10.0. The van der Waals surface area contributed by atoms with Crippen LogP contribution in [0.3, 0.4) is 0 Å². The van der Waals surface area contributed by atoms with Crippen LogP contribution in [-0.2, 0) is 0 Å². The Balaban J connectivity index is 4.64. The second-order valence-electron chi connectivity index (χ2n) is 6.77. The molecular formula is C15H37N5S3. The normalized spacial score (nSPS) is 19.8. The van der Waals surface area contributed by atoms with Gasteiger partial charge in [0.1, 0.15) is 0 Å². The zero-order valence-electron chi connectivity index (χ0n) is 15.1. The van der Waals surface area contributed by atoms with E-state index in [0.717, 1.165) is 37.7 Å². The second kappa shape index (κ2) is 11.5. The molecule has 6 N–H and O–H groups in total. The molecule has 0 bridgehead atoms. The molecule has 140 valence electrons.